The van der Waals surface area contributed by atoms with Crippen molar-refractivity contribution in [1.29, 1.82) is 0 Å². The van der Waals surface area contributed by atoms with E-state index < -0.39 is 10.0 Å². The van der Waals surface area contributed by atoms with Gasteiger partial charge in [0.05, 0.1) is 30.6 Å². The molecule has 0 unspecified atom stereocenters. The molecule has 0 N–H and O–H groups in total. The average molecular weight is 410 g/mol. The molecular formula is C19H26N2O6S. The molecule has 1 aromatic rings. The number of benzene rings is 1. The van der Waals surface area contributed by atoms with Crippen molar-refractivity contribution in [1.82, 2.24) is 9.21 Å². The van der Waals surface area contributed by atoms with Gasteiger partial charge in [0.2, 0.25) is 10.0 Å². The molecule has 3 rings (SSSR count). The predicted octanol–water partition coefficient (Wildman–Crippen LogP) is 1.50. The lowest BCUT2D eigenvalue weighted by Crippen LogP contribution is -2.40. The monoisotopic (exact) mass is 410 g/mol. The van der Waals surface area contributed by atoms with Gasteiger partial charge in [-0.25, -0.2) is 8.42 Å². The number of hydrogen-bond acceptors (Lipinski definition) is 6. The second-order valence-corrected chi connectivity index (χ2v) is 9.00. The Hall–Kier alpha value is -2.13. The Morgan fingerprint density at radius 3 is 2.25 bits per heavy atom. The van der Waals surface area contributed by atoms with Crippen LogP contribution in [0.25, 0.3) is 0 Å². The van der Waals surface area contributed by atoms with Crippen LogP contribution in [-0.4, -0.2) is 69.9 Å². The van der Waals surface area contributed by atoms with Crippen LogP contribution in [0.1, 0.15) is 36.0 Å². The van der Waals surface area contributed by atoms with Crippen LogP contribution in [0.2, 0.25) is 0 Å². The highest BCUT2D eigenvalue weighted by Crippen LogP contribution is 2.29. The van der Waals surface area contributed by atoms with E-state index in [-0.39, 0.29) is 41.3 Å². The third-order valence-electron chi connectivity index (χ3n) is 5.42. The molecule has 2 aliphatic rings. The van der Waals surface area contributed by atoms with Gasteiger partial charge in [0.25, 0.3) is 5.91 Å². The summed E-state index contributed by atoms with van der Waals surface area (Å²) in [5.74, 6) is -0.435. The van der Waals surface area contributed by atoms with Gasteiger partial charge in [0, 0.05) is 26.2 Å². The van der Waals surface area contributed by atoms with Crippen LogP contribution < -0.4 is 4.74 Å². The summed E-state index contributed by atoms with van der Waals surface area (Å²) >= 11 is 0. The topological polar surface area (TPSA) is 93.2 Å². The fourth-order valence-corrected chi connectivity index (χ4v) is 5.25. The van der Waals surface area contributed by atoms with Crippen molar-refractivity contribution >= 4 is 21.9 Å². The van der Waals surface area contributed by atoms with E-state index in [0.717, 1.165) is 12.8 Å². The number of sulfonamides is 1. The molecule has 1 amide bonds. The van der Waals surface area contributed by atoms with Gasteiger partial charge < -0.3 is 14.4 Å². The van der Waals surface area contributed by atoms with Crippen molar-refractivity contribution in [3.63, 3.8) is 0 Å². The van der Waals surface area contributed by atoms with Gasteiger partial charge in [0.1, 0.15) is 5.75 Å². The first-order valence-electron chi connectivity index (χ1n) is 9.43. The molecule has 8 nitrogen and oxygen atoms in total. The van der Waals surface area contributed by atoms with Crippen LogP contribution in [0.5, 0.6) is 5.75 Å². The van der Waals surface area contributed by atoms with E-state index in [2.05, 4.69) is 0 Å². The molecule has 28 heavy (non-hydrogen) atoms. The summed E-state index contributed by atoms with van der Waals surface area (Å²) in [5, 5.41) is 0. The van der Waals surface area contributed by atoms with E-state index in [1.807, 2.05) is 0 Å². The summed E-state index contributed by atoms with van der Waals surface area (Å²) in [6.07, 6.45) is 2.73. The molecule has 1 aromatic carbocycles. The second kappa shape index (κ2) is 8.48. The van der Waals surface area contributed by atoms with Crippen LogP contribution in [0, 0.1) is 5.92 Å². The number of hydrogen-bond donors (Lipinski definition) is 0. The highest BCUT2D eigenvalue weighted by Gasteiger charge is 2.33. The molecule has 2 aliphatic heterocycles. The first-order valence-corrected chi connectivity index (χ1v) is 10.9. The summed E-state index contributed by atoms with van der Waals surface area (Å²) in [6, 6.07) is 4.39. The van der Waals surface area contributed by atoms with Crippen molar-refractivity contribution in [2.45, 2.75) is 30.6 Å². The van der Waals surface area contributed by atoms with Crippen LogP contribution in [-0.2, 0) is 19.6 Å². The Morgan fingerprint density at radius 2 is 1.68 bits per heavy atom. The number of carbonyl (C=O) groups is 2. The number of piperidine rings is 1. The minimum Gasteiger partial charge on any atom is -0.496 e. The first kappa shape index (κ1) is 20.6. The molecule has 154 valence electrons. The van der Waals surface area contributed by atoms with Gasteiger partial charge in [-0.3, -0.25) is 9.59 Å². The summed E-state index contributed by atoms with van der Waals surface area (Å²) in [5.41, 5.74) is 0.259. The first-order chi connectivity index (χ1) is 13.4. The molecule has 0 radical (unpaired) electrons. The summed E-state index contributed by atoms with van der Waals surface area (Å²) in [4.78, 5) is 26.3. The maximum atomic E-state index is 13.1. The largest absolute Gasteiger partial charge is 0.496 e. The molecule has 9 heteroatoms. The molecular weight excluding hydrogens is 384 g/mol. The zero-order valence-corrected chi connectivity index (χ0v) is 17.0. The molecule has 2 fully saturated rings. The number of amides is 1. The average Bonchev–Trinajstić information content (AvgIpc) is 3.27. The Kier molecular flexibility index (Phi) is 6.24. The van der Waals surface area contributed by atoms with Crippen molar-refractivity contribution in [2.24, 2.45) is 5.92 Å². The second-order valence-electron chi connectivity index (χ2n) is 7.06. The van der Waals surface area contributed by atoms with E-state index in [4.69, 9.17) is 9.47 Å². The molecule has 2 saturated heterocycles. The van der Waals surface area contributed by atoms with Crippen LogP contribution in [0.3, 0.4) is 0 Å². The summed E-state index contributed by atoms with van der Waals surface area (Å²) in [7, 11) is -0.972. The van der Waals surface area contributed by atoms with Gasteiger partial charge >= 0.3 is 5.97 Å². The van der Waals surface area contributed by atoms with E-state index in [0.29, 0.717) is 31.7 Å². The lowest BCUT2D eigenvalue weighted by Gasteiger charge is -2.30. The zero-order valence-electron chi connectivity index (χ0n) is 16.2. The van der Waals surface area contributed by atoms with Gasteiger partial charge in [-0.2, -0.15) is 4.31 Å². The molecule has 0 aromatic heterocycles. The highest BCUT2D eigenvalue weighted by molar-refractivity contribution is 7.89. The third kappa shape index (κ3) is 4.00. The number of ether oxygens (including phenoxy) is 2. The van der Waals surface area contributed by atoms with Gasteiger partial charge in [0.15, 0.2) is 0 Å². The molecule has 2 heterocycles. The van der Waals surface area contributed by atoms with E-state index in [1.54, 1.807) is 4.90 Å². The summed E-state index contributed by atoms with van der Waals surface area (Å²) in [6.45, 7) is 1.81. The number of nitrogens with zero attached hydrogens (tertiary/aromatic N) is 2. The quantitative estimate of drug-likeness (QED) is 0.683. The minimum absolute atomic E-state index is 0.0624. The van der Waals surface area contributed by atoms with E-state index in [9.17, 15) is 18.0 Å². The lowest BCUT2D eigenvalue weighted by atomic mass is 9.99. The number of esters is 1. The fraction of sp³-hybridized carbons (Fsp3) is 0.579. The lowest BCUT2D eigenvalue weighted by molar-refractivity contribution is -0.146. The highest BCUT2D eigenvalue weighted by atomic mass is 32.2. The van der Waals surface area contributed by atoms with Gasteiger partial charge in [-0.05, 0) is 43.9 Å². The predicted molar refractivity (Wildman–Crippen MR) is 102 cm³/mol. The Morgan fingerprint density at radius 1 is 1.04 bits per heavy atom. The van der Waals surface area contributed by atoms with Gasteiger partial charge in [-0.1, -0.05) is 0 Å². The Labute approximate surface area is 165 Å². The van der Waals surface area contributed by atoms with Gasteiger partial charge in [-0.15, -0.1) is 0 Å². The van der Waals surface area contributed by atoms with Crippen LogP contribution in [0.15, 0.2) is 23.1 Å². The molecule has 0 spiro atoms. The normalized spacial score (nSPS) is 18.9. The van der Waals surface area contributed by atoms with E-state index in [1.165, 1.54) is 36.7 Å². The standard InChI is InChI=1S/C19H26N2O6S/c1-26-17-6-5-15(13-16(17)18(22)20-9-3-4-10-20)28(24,25)21-11-7-14(8-12-21)19(23)27-2/h5-6,13-14H,3-4,7-12H2,1-2H3. The maximum Gasteiger partial charge on any atom is 0.308 e. The van der Waals surface area contributed by atoms with Crippen molar-refractivity contribution in [3.8, 4) is 5.75 Å². The number of carbonyl (C=O) groups excluding carboxylic acids is 2. The molecule has 0 aliphatic carbocycles. The zero-order chi connectivity index (χ0) is 20.3. The number of likely N-dealkylation sites (tertiary alicyclic amines) is 1. The van der Waals surface area contributed by atoms with Crippen molar-refractivity contribution in [3.05, 3.63) is 23.8 Å². The fourth-order valence-electron chi connectivity index (χ4n) is 3.75. The minimum atomic E-state index is -3.77. The molecule has 0 saturated carbocycles. The Bertz CT molecular complexity index is 840. The van der Waals surface area contributed by atoms with Crippen LogP contribution >= 0.6 is 0 Å². The smallest absolute Gasteiger partial charge is 0.308 e. The maximum absolute atomic E-state index is 13.1. The third-order valence-corrected chi connectivity index (χ3v) is 7.32. The number of rotatable bonds is 5. The van der Waals surface area contributed by atoms with Crippen molar-refractivity contribution in [2.75, 3.05) is 40.4 Å². The molecule has 0 bridgehead atoms. The molecule has 0 atom stereocenters. The Balaban J connectivity index is 1.83. The van der Waals surface area contributed by atoms with Crippen molar-refractivity contribution < 1.29 is 27.5 Å². The number of methoxy groups -OCH3 is 2. The van der Waals surface area contributed by atoms with E-state index >= 15 is 0 Å². The van der Waals surface area contributed by atoms with Crippen LogP contribution in [0.4, 0.5) is 0 Å². The summed E-state index contributed by atoms with van der Waals surface area (Å²) < 4.78 is 37.5. The SMILES string of the molecule is COC(=O)C1CCN(S(=O)(=O)c2ccc(OC)c(C(=O)N3CCCC3)c2)CC1.